The van der Waals surface area contributed by atoms with E-state index in [1.165, 1.54) is 19.9 Å². The smallest absolute Gasteiger partial charge is 0.399 e. The van der Waals surface area contributed by atoms with Gasteiger partial charge in [0, 0.05) is 0 Å². The highest BCUT2D eigenvalue weighted by Gasteiger charge is 2.44. The molecule has 1 aromatic rings. The third-order valence-corrected chi connectivity index (χ3v) is 2.09. The Balaban J connectivity index is 3.01. The maximum atomic E-state index is 12.6. The van der Waals surface area contributed by atoms with Crippen molar-refractivity contribution in [1.82, 2.24) is 0 Å². The van der Waals surface area contributed by atoms with E-state index in [0.29, 0.717) is 5.76 Å². The molecule has 0 radical (unpaired) electrons. The maximum Gasteiger partial charge on any atom is 0.399 e. The van der Waals surface area contributed by atoms with E-state index >= 15 is 0 Å². The predicted molar refractivity (Wildman–Crippen MR) is 47.1 cm³/mol. The number of furan rings is 1. The van der Waals surface area contributed by atoms with Gasteiger partial charge in [0.05, 0.1) is 0 Å². The number of hydrogen-bond acceptors (Lipinski definition) is 1. The van der Waals surface area contributed by atoms with Crippen molar-refractivity contribution in [2.24, 2.45) is 5.92 Å². The zero-order valence-electron chi connectivity index (χ0n) is 8.35. The van der Waals surface area contributed by atoms with Gasteiger partial charge in [-0.05, 0) is 25.0 Å². The van der Waals surface area contributed by atoms with Gasteiger partial charge in [-0.15, -0.1) is 0 Å². The summed E-state index contributed by atoms with van der Waals surface area (Å²) in [5, 5.41) is 0. The fourth-order valence-electron chi connectivity index (χ4n) is 1.49. The zero-order valence-corrected chi connectivity index (χ0v) is 8.35. The summed E-state index contributed by atoms with van der Waals surface area (Å²) in [6, 6.07) is 2.95. The maximum absolute atomic E-state index is 12.6. The third-order valence-electron chi connectivity index (χ3n) is 2.09. The molecule has 0 spiro atoms. The average Bonchev–Trinajstić information content (AvgIpc) is 2.31. The van der Waals surface area contributed by atoms with Crippen molar-refractivity contribution >= 4 is 0 Å². The molecule has 0 unspecified atom stereocenters. The molecule has 0 saturated carbocycles. The predicted octanol–water partition coefficient (Wildman–Crippen LogP) is 3.89. The first kappa shape index (κ1) is 11.1. The summed E-state index contributed by atoms with van der Waals surface area (Å²) in [4.78, 5) is 0. The zero-order chi connectivity index (χ0) is 10.9. The monoisotopic (exact) mass is 206 g/mol. The van der Waals surface area contributed by atoms with E-state index in [0.717, 1.165) is 0 Å². The first-order chi connectivity index (χ1) is 6.32. The molecule has 0 aliphatic carbocycles. The van der Waals surface area contributed by atoms with Crippen molar-refractivity contribution in [3.05, 3.63) is 23.7 Å². The molecule has 1 rings (SSSR count). The minimum atomic E-state index is -4.24. The molecule has 1 heterocycles. The lowest BCUT2D eigenvalue weighted by atomic mass is 9.93. The Morgan fingerprint density at radius 3 is 2.07 bits per heavy atom. The van der Waals surface area contributed by atoms with Gasteiger partial charge < -0.3 is 4.42 Å². The van der Waals surface area contributed by atoms with Crippen molar-refractivity contribution in [3.63, 3.8) is 0 Å². The van der Waals surface area contributed by atoms with Gasteiger partial charge in [-0.2, -0.15) is 13.2 Å². The van der Waals surface area contributed by atoms with Crippen LogP contribution in [0.2, 0.25) is 0 Å². The van der Waals surface area contributed by atoms with Crippen LogP contribution in [0.5, 0.6) is 0 Å². The van der Waals surface area contributed by atoms with Crippen LogP contribution in [-0.4, -0.2) is 6.18 Å². The SMILES string of the molecule is Cc1ccc([C@H](C(C)C)C(F)(F)F)o1. The highest BCUT2D eigenvalue weighted by Crippen LogP contribution is 2.40. The number of hydrogen-bond donors (Lipinski definition) is 0. The van der Waals surface area contributed by atoms with E-state index in [1.54, 1.807) is 13.0 Å². The van der Waals surface area contributed by atoms with Crippen LogP contribution < -0.4 is 0 Å². The molecule has 0 N–H and O–H groups in total. The Bertz CT molecular complexity index is 299. The van der Waals surface area contributed by atoms with Crippen LogP contribution in [0.1, 0.15) is 31.3 Å². The Morgan fingerprint density at radius 1 is 1.21 bits per heavy atom. The van der Waals surface area contributed by atoms with Crippen molar-refractivity contribution in [1.29, 1.82) is 0 Å². The molecular formula is C10H13F3O. The molecule has 0 aliphatic heterocycles. The van der Waals surface area contributed by atoms with Crippen molar-refractivity contribution in [2.75, 3.05) is 0 Å². The first-order valence-electron chi connectivity index (χ1n) is 4.45. The van der Waals surface area contributed by atoms with Gasteiger partial charge in [0.1, 0.15) is 17.4 Å². The summed E-state index contributed by atoms with van der Waals surface area (Å²) in [5.41, 5.74) is 0. The second-order valence-electron chi connectivity index (χ2n) is 3.71. The van der Waals surface area contributed by atoms with Gasteiger partial charge in [-0.25, -0.2) is 0 Å². The third kappa shape index (κ3) is 2.30. The molecular weight excluding hydrogens is 193 g/mol. The molecule has 0 aliphatic rings. The lowest BCUT2D eigenvalue weighted by Gasteiger charge is -2.21. The quantitative estimate of drug-likeness (QED) is 0.715. The van der Waals surface area contributed by atoms with Crippen molar-refractivity contribution in [2.45, 2.75) is 32.9 Å². The second-order valence-corrected chi connectivity index (χ2v) is 3.71. The fourth-order valence-corrected chi connectivity index (χ4v) is 1.49. The number of halogens is 3. The second kappa shape index (κ2) is 3.67. The highest BCUT2D eigenvalue weighted by molar-refractivity contribution is 5.12. The summed E-state index contributed by atoms with van der Waals surface area (Å²) in [5.74, 6) is -1.50. The molecule has 1 aromatic heterocycles. The van der Waals surface area contributed by atoms with Gasteiger partial charge in [0.15, 0.2) is 0 Å². The van der Waals surface area contributed by atoms with Crippen molar-refractivity contribution < 1.29 is 17.6 Å². The van der Waals surface area contributed by atoms with Crippen LogP contribution >= 0.6 is 0 Å². The normalized spacial score (nSPS) is 14.8. The summed E-state index contributed by atoms with van der Waals surface area (Å²) in [7, 11) is 0. The van der Waals surface area contributed by atoms with Crippen LogP contribution in [0, 0.1) is 12.8 Å². The Morgan fingerprint density at radius 2 is 1.79 bits per heavy atom. The topological polar surface area (TPSA) is 13.1 Å². The minimum Gasteiger partial charge on any atom is -0.466 e. The Labute approximate surface area is 80.9 Å². The van der Waals surface area contributed by atoms with E-state index in [2.05, 4.69) is 0 Å². The molecule has 4 heteroatoms. The molecule has 1 atom stereocenters. The van der Waals surface area contributed by atoms with Crippen LogP contribution in [0.15, 0.2) is 16.5 Å². The van der Waals surface area contributed by atoms with Crippen molar-refractivity contribution in [3.8, 4) is 0 Å². The number of aryl methyl sites for hydroxylation is 1. The molecule has 0 amide bonds. The molecule has 0 fully saturated rings. The minimum absolute atomic E-state index is 0.00463. The number of alkyl halides is 3. The van der Waals surface area contributed by atoms with E-state index < -0.39 is 18.0 Å². The Kier molecular flexibility index (Phi) is 2.92. The molecule has 14 heavy (non-hydrogen) atoms. The van der Waals surface area contributed by atoms with Crippen LogP contribution in [-0.2, 0) is 0 Å². The van der Waals surface area contributed by atoms with Crippen LogP contribution in [0.3, 0.4) is 0 Å². The van der Waals surface area contributed by atoms with Gasteiger partial charge in [-0.3, -0.25) is 0 Å². The van der Waals surface area contributed by atoms with Gasteiger partial charge in [-0.1, -0.05) is 13.8 Å². The van der Waals surface area contributed by atoms with Crippen LogP contribution in [0.25, 0.3) is 0 Å². The summed E-state index contributed by atoms with van der Waals surface area (Å²) >= 11 is 0. The molecule has 80 valence electrons. The van der Waals surface area contributed by atoms with E-state index in [4.69, 9.17) is 4.42 Å². The molecule has 0 saturated heterocycles. The van der Waals surface area contributed by atoms with Gasteiger partial charge in [0.25, 0.3) is 0 Å². The average molecular weight is 206 g/mol. The van der Waals surface area contributed by atoms with Gasteiger partial charge >= 0.3 is 6.18 Å². The first-order valence-corrected chi connectivity index (χ1v) is 4.45. The largest absolute Gasteiger partial charge is 0.466 e. The Hall–Kier alpha value is -0.930. The molecule has 1 nitrogen and oxygen atoms in total. The number of rotatable bonds is 2. The highest BCUT2D eigenvalue weighted by atomic mass is 19.4. The molecule has 0 bridgehead atoms. The van der Waals surface area contributed by atoms with Gasteiger partial charge in [0.2, 0.25) is 0 Å². The summed E-state index contributed by atoms with van der Waals surface area (Å²) in [6.07, 6.45) is -4.24. The van der Waals surface area contributed by atoms with E-state index in [1.807, 2.05) is 0 Å². The van der Waals surface area contributed by atoms with E-state index in [9.17, 15) is 13.2 Å². The lowest BCUT2D eigenvalue weighted by Crippen LogP contribution is -2.24. The summed E-state index contributed by atoms with van der Waals surface area (Å²) in [6.45, 7) is 4.71. The fraction of sp³-hybridized carbons (Fsp3) is 0.600. The standard InChI is InChI=1S/C10H13F3O/c1-6(2)9(10(11,12)13)8-5-4-7(3)14-8/h4-6,9H,1-3H3/t9-/m0/s1. The molecule has 0 aromatic carbocycles. The summed E-state index contributed by atoms with van der Waals surface area (Å²) < 4.78 is 42.8. The van der Waals surface area contributed by atoms with Crippen LogP contribution in [0.4, 0.5) is 13.2 Å². The van der Waals surface area contributed by atoms with E-state index in [-0.39, 0.29) is 5.76 Å². The lowest BCUT2D eigenvalue weighted by molar-refractivity contribution is -0.163.